The summed E-state index contributed by atoms with van der Waals surface area (Å²) >= 11 is 0. The minimum absolute atomic E-state index is 0.260. The molecule has 0 spiro atoms. The summed E-state index contributed by atoms with van der Waals surface area (Å²) in [5.41, 5.74) is -3.78. The van der Waals surface area contributed by atoms with Gasteiger partial charge < -0.3 is 5.11 Å². The molecule has 22 heavy (non-hydrogen) atoms. The Kier molecular flexibility index (Phi) is 3.34. The SMILES string of the molecule is O=S1(=O)C2CCC1CC(O)(c1cccc(C(F)(F)F)c1F)C2. The van der Waals surface area contributed by atoms with Crippen molar-refractivity contribution in [2.75, 3.05) is 0 Å². The summed E-state index contributed by atoms with van der Waals surface area (Å²) < 4.78 is 76.7. The summed E-state index contributed by atoms with van der Waals surface area (Å²) in [5, 5.41) is 9.03. The fourth-order valence-corrected chi connectivity index (χ4v) is 6.07. The third kappa shape index (κ3) is 2.23. The molecule has 0 aliphatic carbocycles. The monoisotopic (exact) mass is 338 g/mol. The van der Waals surface area contributed by atoms with Crippen LogP contribution >= 0.6 is 0 Å². The molecule has 1 aromatic rings. The van der Waals surface area contributed by atoms with Gasteiger partial charge in [0.2, 0.25) is 0 Å². The lowest BCUT2D eigenvalue weighted by atomic mass is 9.84. The summed E-state index contributed by atoms with van der Waals surface area (Å²) in [4.78, 5) is 0. The molecule has 0 radical (unpaired) electrons. The number of fused-ring (bicyclic) bond motifs is 2. The molecule has 2 atom stereocenters. The highest BCUT2D eigenvalue weighted by Crippen LogP contribution is 2.49. The number of aliphatic hydroxyl groups is 1. The normalized spacial score (nSPS) is 33.9. The molecule has 0 amide bonds. The van der Waals surface area contributed by atoms with E-state index in [4.69, 9.17) is 0 Å². The Hall–Kier alpha value is -1.15. The first-order valence-corrected chi connectivity index (χ1v) is 8.48. The first-order valence-electron chi connectivity index (χ1n) is 6.87. The van der Waals surface area contributed by atoms with E-state index in [-0.39, 0.29) is 12.8 Å². The quantitative estimate of drug-likeness (QED) is 0.801. The number of halogens is 4. The molecule has 1 N–H and O–H groups in total. The van der Waals surface area contributed by atoms with Gasteiger partial charge in [-0.1, -0.05) is 12.1 Å². The fraction of sp³-hybridized carbons (Fsp3) is 0.571. The smallest absolute Gasteiger partial charge is 0.385 e. The lowest BCUT2D eigenvalue weighted by molar-refractivity contribution is -0.140. The lowest BCUT2D eigenvalue weighted by Gasteiger charge is -2.37. The van der Waals surface area contributed by atoms with Crippen LogP contribution in [-0.4, -0.2) is 24.0 Å². The highest BCUT2D eigenvalue weighted by Gasteiger charge is 2.54. The van der Waals surface area contributed by atoms with Crippen molar-refractivity contribution in [1.29, 1.82) is 0 Å². The summed E-state index contributed by atoms with van der Waals surface area (Å²) in [7, 11) is -3.36. The average Bonchev–Trinajstić information content (AvgIpc) is 2.58. The standard InChI is InChI=1S/C14H14F4O3S/c15-12-10(2-1-3-11(12)14(16,17)18)13(19)6-8-4-5-9(7-13)22(8,20)21/h1-3,8-9,19H,4-7H2. The molecular formula is C14H14F4O3S. The van der Waals surface area contributed by atoms with Gasteiger partial charge in [0.15, 0.2) is 9.84 Å². The van der Waals surface area contributed by atoms with Crippen LogP contribution in [0.15, 0.2) is 18.2 Å². The van der Waals surface area contributed by atoms with Gasteiger partial charge in [0, 0.05) is 5.56 Å². The van der Waals surface area contributed by atoms with Crippen LogP contribution in [0.25, 0.3) is 0 Å². The van der Waals surface area contributed by atoms with E-state index in [2.05, 4.69) is 0 Å². The van der Waals surface area contributed by atoms with E-state index in [1.165, 1.54) is 0 Å². The van der Waals surface area contributed by atoms with Gasteiger partial charge in [0.1, 0.15) is 5.82 Å². The molecule has 2 saturated heterocycles. The minimum atomic E-state index is -4.86. The average molecular weight is 338 g/mol. The largest absolute Gasteiger partial charge is 0.419 e. The third-order valence-corrected chi connectivity index (χ3v) is 7.34. The van der Waals surface area contributed by atoms with E-state index >= 15 is 0 Å². The Morgan fingerprint density at radius 1 is 1.14 bits per heavy atom. The van der Waals surface area contributed by atoms with Crippen molar-refractivity contribution in [2.24, 2.45) is 0 Å². The number of hydrogen-bond acceptors (Lipinski definition) is 3. The predicted octanol–water partition coefficient (Wildman–Crippen LogP) is 2.77. The second-order valence-electron chi connectivity index (χ2n) is 6.02. The summed E-state index contributed by atoms with van der Waals surface area (Å²) in [6.07, 6.45) is -4.67. The van der Waals surface area contributed by atoms with Crippen LogP contribution in [0.2, 0.25) is 0 Å². The van der Waals surface area contributed by atoms with Crippen molar-refractivity contribution < 1.29 is 31.1 Å². The van der Waals surface area contributed by atoms with E-state index < -0.39 is 49.1 Å². The van der Waals surface area contributed by atoms with Crippen molar-refractivity contribution in [3.8, 4) is 0 Å². The van der Waals surface area contributed by atoms with Crippen molar-refractivity contribution in [3.05, 3.63) is 35.1 Å². The minimum Gasteiger partial charge on any atom is -0.385 e. The molecule has 122 valence electrons. The Morgan fingerprint density at radius 3 is 2.18 bits per heavy atom. The molecule has 8 heteroatoms. The summed E-state index contributed by atoms with van der Waals surface area (Å²) in [6.45, 7) is 0. The van der Waals surface area contributed by atoms with Gasteiger partial charge in [-0.15, -0.1) is 0 Å². The number of benzene rings is 1. The Bertz CT molecular complexity index is 691. The molecule has 2 aliphatic heterocycles. The Morgan fingerprint density at radius 2 is 1.68 bits per heavy atom. The molecule has 2 fully saturated rings. The van der Waals surface area contributed by atoms with Gasteiger partial charge in [0.25, 0.3) is 0 Å². The first-order chi connectivity index (χ1) is 10.1. The van der Waals surface area contributed by atoms with Gasteiger partial charge in [-0.25, -0.2) is 12.8 Å². The van der Waals surface area contributed by atoms with Crippen LogP contribution in [0.5, 0.6) is 0 Å². The molecule has 1 aromatic carbocycles. The highest BCUT2D eigenvalue weighted by molar-refractivity contribution is 7.93. The molecule has 3 nitrogen and oxygen atoms in total. The van der Waals surface area contributed by atoms with Crippen molar-refractivity contribution in [3.63, 3.8) is 0 Å². The van der Waals surface area contributed by atoms with E-state index in [1.54, 1.807) is 0 Å². The lowest BCUT2D eigenvalue weighted by Crippen LogP contribution is -2.43. The topological polar surface area (TPSA) is 54.4 Å². The zero-order valence-corrected chi connectivity index (χ0v) is 12.2. The molecule has 2 bridgehead atoms. The maximum absolute atomic E-state index is 14.2. The van der Waals surface area contributed by atoms with Crippen LogP contribution in [0.4, 0.5) is 17.6 Å². The zero-order chi connectivity index (χ0) is 16.3. The van der Waals surface area contributed by atoms with Crippen molar-refractivity contribution in [1.82, 2.24) is 0 Å². The number of hydrogen-bond donors (Lipinski definition) is 1. The fourth-order valence-electron chi connectivity index (χ4n) is 3.58. The van der Waals surface area contributed by atoms with Gasteiger partial charge in [-0.3, -0.25) is 0 Å². The molecular weight excluding hydrogens is 324 g/mol. The van der Waals surface area contributed by atoms with Crippen molar-refractivity contribution >= 4 is 9.84 Å². The molecule has 2 heterocycles. The first kappa shape index (κ1) is 15.7. The van der Waals surface area contributed by atoms with Crippen LogP contribution in [0.1, 0.15) is 36.8 Å². The molecule has 2 unspecified atom stereocenters. The van der Waals surface area contributed by atoms with E-state index in [0.29, 0.717) is 18.9 Å². The van der Waals surface area contributed by atoms with Crippen LogP contribution in [0.3, 0.4) is 0 Å². The van der Waals surface area contributed by atoms with Crippen molar-refractivity contribution in [2.45, 2.75) is 48.0 Å². The van der Waals surface area contributed by atoms with Gasteiger partial charge in [-0.05, 0) is 31.7 Å². The zero-order valence-electron chi connectivity index (χ0n) is 11.4. The number of sulfone groups is 1. The van der Waals surface area contributed by atoms with E-state index in [1.807, 2.05) is 0 Å². The number of alkyl halides is 3. The van der Waals surface area contributed by atoms with Crippen LogP contribution < -0.4 is 0 Å². The van der Waals surface area contributed by atoms with Gasteiger partial charge in [-0.2, -0.15) is 13.2 Å². The molecule has 2 aliphatic rings. The maximum atomic E-state index is 14.2. The second-order valence-corrected chi connectivity index (χ2v) is 8.53. The maximum Gasteiger partial charge on any atom is 0.419 e. The van der Waals surface area contributed by atoms with Crippen LogP contribution in [0, 0.1) is 5.82 Å². The molecule has 3 rings (SSSR count). The molecule has 0 saturated carbocycles. The van der Waals surface area contributed by atoms with Gasteiger partial charge in [0.05, 0.1) is 21.7 Å². The Labute approximate surface area is 124 Å². The summed E-state index contributed by atoms with van der Waals surface area (Å²) in [6, 6.07) is 2.74. The molecule has 0 aromatic heterocycles. The van der Waals surface area contributed by atoms with Gasteiger partial charge >= 0.3 is 6.18 Å². The highest BCUT2D eigenvalue weighted by atomic mass is 32.2. The summed E-state index contributed by atoms with van der Waals surface area (Å²) in [5.74, 6) is -1.52. The predicted molar refractivity (Wildman–Crippen MR) is 70.3 cm³/mol. The Balaban J connectivity index is 2.06. The third-order valence-electron chi connectivity index (χ3n) is 4.68. The van der Waals surface area contributed by atoms with E-state index in [0.717, 1.165) is 12.1 Å². The van der Waals surface area contributed by atoms with E-state index in [9.17, 15) is 31.1 Å². The number of rotatable bonds is 1. The second kappa shape index (κ2) is 4.67. The van der Waals surface area contributed by atoms with Crippen LogP contribution in [-0.2, 0) is 21.6 Å².